The third-order valence-electron chi connectivity index (χ3n) is 4.50. The molecular weight excluding hydrogens is 487 g/mol. The van der Waals surface area contributed by atoms with E-state index in [-0.39, 0.29) is 10.6 Å². The Bertz CT molecular complexity index is 1200. The summed E-state index contributed by atoms with van der Waals surface area (Å²) >= 11 is 3.39. The highest BCUT2D eigenvalue weighted by atomic mass is 79.9. The lowest BCUT2D eigenvalue weighted by Crippen LogP contribution is -2.38. The summed E-state index contributed by atoms with van der Waals surface area (Å²) in [5.41, 5.74) is 1.18. The van der Waals surface area contributed by atoms with Gasteiger partial charge in [-0.15, -0.1) is 0 Å². The van der Waals surface area contributed by atoms with E-state index in [1.165, 1.54) is 49.6 Å². The molecule has 0 fully saturated rings. The third kappa shape index (κ3) is 5.23. The van der Waals surface area contributed by atoms with Crippen molar-refractivity contribution in [3.63, 3.8) is 0 Å². The second-order valence-corrected chi connectivity index (χ2v) is 9.37. The van der Waals surface area contributed by atoms with E-state index in [9.17, 15) is 17.6 Å². The number of methoxy groups -OCH3 is 1. The van der Waals surface area contributed by atoms with Crippen LogP contribution in [-0.2, 0) is 14.8 Å². The first kappa shape index (κ1) is 22.8. The van der Waals surface area contributed by atoms with Crippen molar-refractivity contribution >= 4 is 43.2 Å². The van der Waals surface area contributed by atoms with Crippen molar-refractivity contribution in [2.45, 2.75) is 11.8 Å². The minimum Gasteiger partial charge on any atom is -0.497 e. The van der Waals surface area contributed by atoms with E-state index < -0.39 is 28.3 Å². The molecular formula is C22H20BrFN2O4S. The summed E-state index contributed by atoms with van der Waals surface area (Å²) in [6.07, 6.45) is 0. The second kappa shape index (κ2) is 9.49. The Morgan fingerprint density at radius 3 is 2.39 bits per heavy atom. The van der Waals surface area contributed by atoms with Crippen molar-refractivity contribution < 1.29 is 22.3 Å². The van der Waals surface area contributed by atoms with Crippen molar-refractivity contribution in [1.82, 2.24) is 0 Å². The van der Waals surface area contributed by atoms with E-state index in [0.717, 1.165) is 20.4 Å². The number of halogens is 2. The number of nitrogens with zero attached hydrogens (tertiary/aromatic N) is 1. The molecule has 3 aromatic carbocycles. The van der Waals surface area contributed by atoms with E-state index in [0.29, 0.717) is 11.4 Å². The van der Waals surface area contributed by atoms with E-state index in [1.807, 2.05) is 6.92 Å². The average molecular weight is 507 g/mol. The molecule has 0 aliphatic heterocycles. The molecule has 3 rings (SSSR count). The van der Waals surface area contributed by atoms with Gasteiger partial charge in [0, 0.05) is 10.2 Å². The summed E-state index contributed by atoms with van der Waals surface area (Å²) in [5, 5.41) is 2.66. The molecule has 162 valence electrons. The van der Waals surface area contributed by atoms with Gasteiger partial charge in [-0.2, -0.15) is 0 Å². The highest BCUT2D eigenvalue weighted by Gasteiger charge is 2.29. The fourth-order valence-electron chi connectivity index (χ4n) is 2.88. The van der Waals surface area contributed by atoms with Gasteiger partial charge in [0.05, 0.1) is 17.7 Å². The number of hydrogen-bond acceptors (Lipinski definition) is 4. The van der Waals surface area contributed by atoms with Crippen LogP contribution in [-0.4, -0.2) is 28.0 Å². The standard InChI is InChI=1S/C22H20BrFN2O4S/c1-15-13-16(7-12-19(15)23)25-22(27)14-26(21-6-4-3-5-20(21)24)31(28,29)18-10-8-17(30-2)9-11-18/h3-13H,14H2,1-2H3,(H,25,27). The Kier molecular flexibility index (Phi) is 6.97. The molecule has 0 radical (unpaired) electrons. The van der Waals surface area contributed by atoms with Gasteiger partial charge in [0.15, 0.2) is 0 Å². The fourth-order valence-corrected chi connectivity index (χ4v) is 4.56. The quantitative estimate of drug-likeness (QED) is 0.502. The number of ether oxygens (including phenoxy) is 1. The number of para-hydroxylation sites is 1. The minimum atomic E-state index is -4.23. The first-order valence-corrected chi connectivity index (χ1v) is 11.4. The van der Waals surface area contributed by atoms with Crippen molar-refractivity contribution in [1.29, 1.82) is 0 Å². The SMILES string of the molecule is COc1ccc(S(=O)(=O)N(CC(=O)Nc2ccc(Br)c(C)c2)c2ccccc2F)cc1. The number of rotatable bonds is 7. The molecule has 1 N–H and O–H groups in total. The van der Waals surface area contributed by atoms with Crippen molar-refractivity contribution in [3.8, 4) is 5.75 Å². The van der Waals surface area contributed by atoms with Crippen molar-refractivity contribution in [2.24, 2.45) is 0 Å². The van der Waals surface area contributed by atoms with Gasteiger partial charge in [0.1, 0.15) is 18.1 Å². The largest absolute Gasteiger partial charge is 0.497 e. The Balaban J connectivity index is 1.95. The van der Waals surface area contributed by atoms with Crippen LogP contribution in [0.4, 0.5) is 15.8 Å². The number of carbonyl (C=O) groups is 1. The van der Waals surface area contributed by atoms with Crippen LogP contribution in [0.25, 0.3) is 0 Å². The summed E-state index contributed by atoms with van der Waals surface area (Å²) in [4.78, 5) is 12.6. The number of amides is 1. The molecule has 0 aliphatic rings. The molecule has 0 bridgehead atoms. The zero-order valence-electron chi connectivity index (χ0n) is 16.8. The third-order valence-corrected chi connectivity index (χ3v) is 7.16. The lowest BCUT2D eigenvalue weighted by atomic mass is 10.2. The fraction of sp³-hybridized carbons (Fsp3) is 0.136. The number of benzene rings is 3. The van der Waals surface area contributed by atoms with Gasteiger partial charge < -0.3 is 10.1 Å². The predicted octanol–water partition coefficient (Wildman–Crippen LogP) is 4.74. The van der Waals surface area contributed by atoms with Crippen LogP contribution >= 0.6 is 15.9 Å². The number of carbonyl (C=O) groups excluding carboxylic acids is 1. The highest BCUT2D eigenvalue weighted by Crippen LogP contribution is 2.27. The van der Waals surface area contributed by atoms with Crippen LogP contribution in [0.1, 0.15) is 5.56 Å². The van der Waals surface area contributed by atoms with Crippen LogP contribution < -0.4 is 14.4 Å². The Hall–Kier alpha value is -2.91. The van der Waals surface area contributed by atoms with Crippen LogP contribution in [0.3, 0.4) is 0 Å². The van der Waals surface area contributed by atoms with Gasteiger partial charge in [-0.3, -0.25) is 9.10 Å². The van der Waals surface area contributed by atoms with E-state index in [4.69, 9.17) is 4.74 Å². The molecule has 0 aromatic heterocycles. The minimum absolute atomic E-state index is 0.0937. The number of hydrogen-bond donors (Lipinski definition) is 1. The van der Waals surface area contributed by atoms with E-state index in [2.05, 4.69) is 21.2 Å². The van der Waals surface area contributed by atoms with Gasteiger partial charge in [-0.25, -0.2) is 12.8 Å². The predicted molar refractivity (Wildman–Crippen MR) is 121 cm³/mol. The lowest BCUT2D eigenvalue weighted by molar-refractivity contribution is -0.114. The van der Waals surface area contributed by atoms with Crippen LogP contribution in [0.15, 0.2) is 76.1 Å². The normalized spacial score (nSPS) is 11.1. The van der Waals surface area contributed by atoms with Gasteiger partial charge >= 0.3 is 0 Å². The molecule has 1 amide bonds. The van der Waals surface area contributed by atoms with Crippen LogP contribution in [0.2, 0.25) is 0 Å². The zero-order valence-corrected chi connectivity index (χ0v) is 19.2. The Labute approximate surface area is 188 Å². The number of sulfonamides is 1. The molecule has 0 saturated carbocycles. The maximum absolute atomic E-state index is 14.5. The van der Waals surface area contributed by atoms with Crippen LogP contribution in [0, 0.1) is 12.7 Å². The van der Waals surface area contributed by atoms with Gasteiger partial charge in [0.2, 0.25) is 5.91 Å². The van der Waals surface area contributed by atoms with Crippen molar-refractivity contribution in [2.75, 3.05) is 23.3 Å². The molecule has 9 heteroatoms. The summed E-state index contributed by atoms with van der Waals surface area (Å²) < 4.78 is 47.8. The lowest BCUT2D eigenvalue weighted by Gasteiger charge is -2.24. The first-order valence-electron chi connectivity index (χ1n) is 9.19. The number of aryl methyl sites for hydroxylation is 1. The summed E-state index contributed by atoms with van der Waals surface area (Å²) in [6, 6.07) is 16.3. The topological polar surface area (TPSA) is 75.7 Å². The smallest absolute Gasteiger partial charge is 0.264 e. The number of nitrogens with one attached hydrogen (secondary N) is 1. The molecule has 0 atom stereocenters. The Morgan fingerprint density at radius 2 is 1.77 bits per heavy atom. The molecule has 0 saturated heterocycles. The molecule has 31 heavy (non-hydrogen) atoms. The zero-order chi connectivity index (χ0) is 22.6. The molecule has 0 unspecified atom stereocenters. The summed E-state index contributed by atoms with van der Waals surface area (Å²) in [5.74, 6) is -0.895. The maximum atomic E-state index is 14.5. The average Bonchev–Trinajstić information content (AvgIpc) is 2.75. The Morgan fingerprint density at radius 1 is 1.10 bits per heavy atom. The molecule has 3 aromatic rings. The van der Waals surface area contributed by atoms with Gasteiger partial charge in [-0.05, 0) is 67.1 Å². The molecule has 0 heterocycles. The first-order chi connectivity index (χ1) is 14.7. The molecule has 6 nitrogen and oxygen atoms in total. The van der Waals surface area contributed by atoms with Gasteiger partial charge in [-0.1, -0.05) is 28.1 Å². The molecule has 0 spiro atoms. The second-order valence-electron chi connectivity index (χ2n) is 6.65. The van der Waals surface area contributed by atoms with Gasteiger partial charge in [0.25, 0.3) is 10.0 Å². The van der Waals surface area contributed by atoms with E-state index >= 15 is 0 Å². The monoisotopic (exact) mass is 506 g/mol. The maximum Gasteiger partial charge on any atom is 0.264 e. The molecule has 0 aliphatic carbocycles. The highest BCUT2D eigenvalue weighted by molar-refractivity contribution is 9.10. The summed E-state index contributed by atoms with van der Waals surface area (Å²) in [7, 11) is -2.77. The van der Waals surface area contributed by atoms with Crippen molar-refractivity contribution in [3.05, 3.63) is 82.6 Å². The number of anilines is 2. The van der Waals surface area contributed by atoms with E-state index in [1.54, 1.807) is 18.2 Å². The van der Waals surface area contributed by atoms with Crippen LogP contribution in [0.5, 0.6) is 5.75 Å². The summed E-state index contributed by atoms with van der Waals surface area (Å²) in [6.45, 7) is 1.25.